The van der Waals surface area contributed by atoms with Gasteiger partial charge in [-0.15, -0.1) is 0 Å². The molecule has 0 unspecified atom stereocenters. The fraction of sp³-hybridized carbons (Fsp3) is 0.385. The number of nitrogens with two attached hydrogens (primary N) is 1. The van der Waals surface area contributed by atoms with Gasteiger partial charge in [0, 0.05) is 11.4 Å². The van der Waals surface area contributed by atoms with Gasteiger partial charge in [-0.3, -0.25) is 9.79 Å². The Kier molecular flexibility index (Phi) is 5.90. The molecule has 1 heterocycles. The summed E-state index contributed by atoms with van der Waals surface area (Å²) in [4.78, 5) is 16.6. The standard InChI is InChI=1S/C13H17N3O3S3/c1-2-11(21-13-15-7-8-20-13)12(17)16-9-3-5-10(6-4-9)22(14,18)19/h3-6,11H,2,7-8H2,1H3,(H,16,17)(H2,14,18,19)/t11-/m0/s1. The van der Waals surface area contributed by atoms with Gasteiger partial charge in [-0.25, -0.2) is 13.6 Å². The van der Waals surface area contributed by atoms with E-state index in [2.05, 4.69) is 10.3 Å². The molecule has 0 fully saturated rings. The minimum absolute atomic E-state index is 0.0172. The van der Waals surface area contributed by atoms with E-state index in [0.717, 1.165) is 16.7 Å². The first-order chi connectivity index (χ1) is 10.4. The van der Waals surface area contributed by atoms with E-state index in [-0.39, 0.29) is 16.1 Å². The number of sulfonamides is 1. The lowest BCUT2D eigenvalue weighted by Gasteiger charge is -2.14. The van der Waals surface area contributed by atoms with Crippen LogP contribution in [0.5, 0.6) is 0 Å². The van der Waals surface area contributed by atoms with Crippen LogP contribution in [0, 0.1) is 0 Å². The van der Waals surface area contributed by atoms with E-state index in [4.69, 9.17) is 5.14 Å². The Morgan fingerprint density at radius 2 is 2.14 bits per heavy atom. The van der Waals surface area contributed by atoms with Gasteiger partial charge < -0.3 is 5.32 Å². The van der Waals surface area contributed by atoms with Crippen molar-refractivity contribution in [1.29, 1.82) is 0 Å². The normalized spacial score (nSPS) is 16.2. The van der Waals surface area contributed by atoms with E-state index >= 15 is 0 Å². The lowest BCUT2D eigenvalue weighted by atomic mass is 10.3. The number of carbonyl (C=O) groups excluding carboxylic acids is 1. The molecule has 0 spiro atoms. The number of rotatable bonds is 5. The van der Waals surface area contributed by atoms with Crippen LogP contribution in [-0.4, -0.2) is 36.2 Å². The van der Waals surface area contributed by atoms with Gasteiger partial charge in [-0.1, -0.05) is 30.4 Å². The van der Waals surface area contributed by atoms with Crippen molar-refractivity contribution in [2.45, 2.75) is 23.5 Å². The summed E-state index contributed by atoms with van der Waals surface area (Å²) in [6.45, 7) is 2.75. The maximum absolute atomic E-state index is 12.3. The first kappa shape index (κ1) is 17.3. The third-order valence-corrected chi connectivity index (χ3v) is 6.41. The topological polar surface area (TPSA) is 102 Å². The first-order valence-corrected chi connectivity index (χ1v) is 10.1. The third-order valence-electron chi connectivity index (χ3n) is 2.91. The van der Waals surface area contributed by atoms with Crippen molar-refractivity contribution in [2.24, 2.45) is 10.1 Å². The number of primary sulfonamides is 1. The second kappa shape index (κ2) is 7.49. The molecule has 1 amide bonds. The monoisotopic (exact) mass is 359 g/mol. The Bertz CT molecular complexity index is 672. The fourth-order valence-electron chi connectivity index (χ4n) is 1.78. The summed E-state index contributed by atoms with van der Waals surface area (Å²) in [5.74, 6) is 0.848. The van der Waals surface area contributed by atoms with Crippen LogP contribution < -0.4 is 10.5 Å². The molecular weight excluding hydrogens is 342 g/mol. The van der Waals surface area contributed by atoms with Gasteiger partial charge in [0.25, 0.3) is 0 Å². The number of amides is 1. The number of nitrogens with zero attached hydrogens (tertiary/aromatic N) is 1. The predicted molar refractivity (Wildman–Crippen MR) is 92.9 cm³/mol. The molecule has 0 saturated heterocycles. The van der Waals surface area contributed by atoms with Crippen LogP contribution in [0.1, 0.15) is 13.3 Å². The van der Waals surface area contributed by atoms with Gasteiger partial charge in [0.15, 0.2) is 0 Å². The van der Waals surface area contributed by atoms with Crippen molar-refractivity contribution in [2.75, 3.05) is 17.6 Å². The molecule has 9 heteroatoms. The van der Waals surface area contributed by atoms with Gasteiger partial charge in [-0.05, 0) is 30.7 Å². The van der Waals surface area contributed by atoms with Crippen LogP contribution in [0.2, 0.25) is 0 Å². The zero-order chi connectivity index (χ0) is 16.2. The molecule has 1 aliphatic rings. The minimum Gasteiger partial charge on any atom is -0.325 e. The number of hydrogen-bond donors (Lipinski definition) is 2. The van der Waals surface area contributed by atoms with Gasteiger partial charge in [0.2, 0.25) is 15.9 Å². The van der Waals surface area contributed by atoms with Gasteiger partial charge >= 0.3 is 0 Å². The Labute approximate surface area is 138 Å². The van der Waals surface area contributed by atoms with E-state index in [9.17, 15) is 13.2 Å². The quantitative estimate of drug-likeness (QED) is 0.836. The van der Waals surface area contributed by atoms with Crippen molar-refractivity contribution in [3.8, 4) is 0 Å². The zero-order valence-corrected chi connectivity index (χ0v) is 14.4. The summed E-state index contributed by atoms with van der Waals surface area (Å²) in [5, 5.41) is 7.60. The van der Waals surface area contributed by atoms with Crippen LogP contribution in [0.25, 0.3) is 0 Å². The average Bonchev–Trinajstić information content (AvgIpc) is 2.97. The van der Waals surface area contributed by atoms with Crippen LogP contribution >= 0.6 is 23.5 Å². The summed E-state index contributed by atoms with van der Waals surface area (Å²) >= 11 is 3.14. The molecule has 2 rings (SSSR count). The van der Waals surface area contributed by atoms with E-state index in [1.807, 2.05) is 6.92 Å². The van der Waals surface area contributed by atoms with Gasteiger partial charge in [-0.2, -0.15) is 0 Å². The zero-order valence-electron chi connectivity index (χ0n) is 12.0. The van der Waals surface area contributed by atoms with Crippen molar-refractivity contribution in [3.63, 3.8) is 0 Å². The number of anilines is 1. The van der Waals surface area contributed by atoms with Crippen LogP contribution in [0.15, 0.2) is 34.2 Å². The van der Waals surface area contributed by atoms with Crippen molar-refractivity contribution in [3.05, 3.63) is 24.3 Å². The number of hydrogen-bond acceptors (Lipinski definition) is 6. The molecule has 0 saturated carbocycles. The number of thioether (sulfide) groups is 2. The van der Waals surface area contributed by atoms with E-state index in [1.165, 1.54) is 36.0 Å². The molecule has 1 aromatic carbocycles. The Balaban J connectivity index is 2.00. The molecule has 120 valence electrons. The Morgan fingerprint density at radius 1 is 1.45 bits per heavy atom. The summed E-state index contributed by atoms with van der Waals surface area (Å²) in [6.07, 6.45) is 0.686. The lowest BCUT2D eigenvalue weighted by molar-refractivity contribution is -0.115. The SMILES string of the molecule is CC[C@H](SC1=NCCS1)C(=O)Nc1ccc(S(N)(=O)=O)cc1. The van der Waals surface area contributed by atoms with Crippen molar-refractivity contribution in [1.82, 2.24) is 0 Å². The summed E-state index contributed by atoms with van der Waals surface area (Å²) in [5.41, 5.74) is 0.539. The number of aliphatic imine (C=N–C) groups is 1. The van der Waals surface area contributed by atoms with Gasteiger partial charge in [0.1, 0.15) is 4.38 Å². The van der Waals surface area contributed by atoms with Crippen molar-refractivity contribution >= 4 is 49.5 Å². The average molecular weight is 359 g/mol. The summed E-state index contributed by atoms with van der Waals surface area (Å²) in [6, 6.07) is 5.79. The molecule has 0 aromatic heterocycles. The Morgan fingerprint density at radius 3 is 2.64 bits per heavy atom. The smallest absolute Gasteiger partial charge is 0.238 e. The molecule has 0 aliphatic carbocycles. The first-order valence-electron chi connectivity index (χ1n) is 6.68. The predicted octanol–water partition coefficient (Wildman–Crippen LogP) is 1.89. The molecule has 22 heavy (non-hydrogen) atoms. The molecule has 6 nitrogen and oxygen atoms in total. The van der Waals surface area contributed by atoms with E-state index in [1.54, 1.807) is 11.8 Å². The molecule has 1 aromatic rings. The molecule has 3 N–H and O–H groups in total. The second-order valence-corrected chi connectivity index (χ2v) is 8.66. The van der Waals surface area contributed by atoms with E-state index < -0.39 is 10.0 Å². The molecular formula is C13H17N3O3S3. The largest absolute Gasteiger partial charge is 0.325 e. The second-order valence-electron chi connectivity index (χ2n) is 4.57. The van der Waals surface area contributed by atoms with Crippen LogP contribution in [-0.2, 0) is 14.8 Å². The molecule has 0 radical (unpaired) electrons. The number of nitrogens with one attached hydrogen (secondary N) is 1. The molecule has 1 aliphatic heterocycles. The lowest BCUT2D eigenvalue weighted by Crippen LogP contribution is -2.25. The van der Waals surface area contributed by atoms with Crippen LogP contribution in [0.4, 0.5) is 5.69 Å². The highest BCUT2D eigenvalue weighted by Crippen LogP contribution is 2.28. The number of benzene rings is 1. The highest BCUT2D eigenvalue weighted by Gasteiger charge is 2.21. The summed E-state index contributed by atoms with van der Waals surface area (Å²) < 4.78 is 23.3. The molecule has 1 atom stereocenters. The fourth-order valence-corrected chi connectivity index (χ4v) is 4.45. The van der Waals surface area contributed by atoms with Gasteiger partial charge in [0.05, 0.1) is 16.7 Å². The third kappa shape index (κ3) is 4.73. The highest BCUT2D eigenvalue weighted by atomic mass is 32.2. The van der Waals surface area contributed by atoms with E-state index in [0.29, 0.717) is 12.1 Å². The van der Waals surface area contributed by atoms with Crippen molar-refractivity contribution < 1.29 is 13.2 Å². The maximum Gasteiger partial charge on any atom is 0.238 e. The molecule has 0 bridgehead atoms. The minimum atomic E-state index is -3.72. The van der Waals surface area contributed by atoms with Crippen LogP contribution in [0.3, 0.4) is 0 Å². The summed E-state index contributed by atoms with van der Waals surface area (Å²) in [7, 11) is -3.72. The highest BCUT2D eigenvalue weighted by molar-refractivity contribution is 8.39. The number of carbonyl (C=O) groups is 1. The maximum atomic E-state index is 12.3. The Hall–Kier alpha value is -1.03.